The molecule has 1 unspecified atom stereocenters. The van der Waals surface area contributed by atoms with Crippen molar-refractivity contribution in [3.05, 3.63) is 35.9 Å². The molecule has 3 heteroatoms. The van der Waals surface area contributed by atoms with Gasteiger partial charge in [-0.05, 0) is 37.8 Å². The molecule has 3 nitrogen and oxygen atoms in total. The predicted molar refractivity (Wildman–Crippen MR) is 73.4 cm³/mol. The van der Waals surface area contributed by atoms with E-state index in [1.165, 1.54) is 5.56 Å². The maximum atomic E-state index is 11.2. The van der Waals surface area contributed by atoms with Gasteiger partial charge >= 0.3 is 5.97 Å². The fourth-order valence-corrected chi connectivity index (χ4v) is 2.09. The van der Waals surface area contributed by atoms with E-state index in [9.17, 15) is 9.90 Å². The highest BCUT2D eigenvalue weighted by molar-refractivity contribution is 5.69. The largest absolute Gasteiger partial charge is 0.481 e. The summed E-state index contributed by atoms with van der Waals surface area (Å²) in [6, 6.07) is 10.1. The molecule has 100 valence electrons. The quantitative estimate of drug-likeness (QED) is 0.661. The van der Waals surface area contributed by atoms with Crippen molar-refractivity contribution in [1.29, 1.82) is 0 Å². The molecule has 0 bridgehead atoms. The van der Waals surface area contributed by atoms with E-state index in [1.807, 2.05) is 30.3 Å². The minimum absolute atomic E-state index is 0.219. The Kier molecular flexibility index (Phi) is 7.11. The molecule has 0 radical (unpaired) electrons. The van der Waals surface area contributed by atoms with Gasteiger partial charge in [0.05, 0.1) is 5.92 Å². The lowest BCUT2D eigenvalue weighted by Crippen LogP contribution is -2.14. The van der Waals surface area contributed by atoms with E-state index in [4.69, 9.17) is 5.73 Å². The number of aryl methyl sites for hydroxylation is 1. The maximum Gasteiger partial charge on any atom is 0.306 e. The summed E-state index contributed by atoms with van der Waals surface area (Å²) in [5.74, 6) is -0.887. The molecule has 1 atom stereocenters. The van der Waals surface area contributed by atoms with Crippen LogP contribution in [0.15, 0.2) is 30.3 Å². The molecule has 0 fully saturated rings. The number of unbranched alkanes of at least 4 members (excludes halogenated alkanes) is 2. The van der Waals surface area contributed by atoms with Crippen LogP contribution >= 0.6 is 0 Å². The molecule has 0 amide bonds. The second-order valence-electron chi connectivity index (χ2n) is 4.70. The van der Waals surface area contributed by atoms with Crippen molar-refractivity contribution in [2.24, 2.45) is 11.7 Å². The molecule has 1 rings (SSSR count). The summed E-state index contributed by atoms with van der Waals surface area (Å²) in [5.41, 5.74) is 6.64. The fraction of sp³-hybridized carbons (Fsp3) is 0.533. The van der Waals surface area contributed by atoms with Crippen LogP contribution in [0, 0.1) is 5.92 Å². The van der Waals surface area contributed by atoms with Crippen molar-refractivity contribution in [3.8, 4) is 0 Å². The van der Waals surface area contributed by atoms with Gasteiger partial charge in [0.25, 0.3) is 0 Å². The first-order valence-electron chi connectivity index (χ1n) is 6.71. The van der Waals surface area contributed by atoms with Crippen LogP contribution in [0.2, 0.25) is 0 Å². The molecule has 18 heavy (non-hydrogen) atoms. The van der Waals surface area contributed by atoms with E-state index in [2.05, 4.69) is 0 Å². The summed E-state index contributed by atoms with van der Waals surface area (Å²) < 4.78 is 0. The first-order valence-corrected chi connectivity index (χ1v) is 6.71. The van der Waals surface area contributed by atoms with Gasteiger partial charge in [0.1, 0.15) is 0 Å². The molecular formula is C15H23NO2. The number of hydrogen-bond donors (Lipinski definition) is 2. The SMILES string of the molecule is NCCCCCC(CCc1ccccc1)C(=O)O. The number of benzene rings is 1. The van der Waals surface area contributed by atoms with Gasteiger partial charge in [-0.25, -0.2) is 0 Å². The Labute approximate surface area is 109 Å². The lowest BCUT2D eigenvalue weighted by Gasteiger charge is -2.12. The van der Waals surface area contributed by atoms with Gasteiger partial charge < -0.3 is 10.8 Å². The van der Waals surface area contributed by atoms with E-state index in [1.54, 1.807) is 0 Å². The van der Waals surface area contributed by atoms with Crippen molar-refractivity contribution in [1.82, 2.24) is 0 Å². The van der Waals surface area contributed by atoms with Crippen molar-refractivity contribution >= 4 is 5.97 Å². The Morgan fingerprint density at radius 2 is 1.83 bits per heavy atom. The molecule has 0 spiro atoms. The zero-order valence-corrected chi connectivity index (χ0v) is 10.8. The number of aliphatic carboxylic acids is 1. The number of rotatable bonds is 9. The molecule has 1 aromatic rings. The molecule has 0 aliphatic heterocycles. The molecule has 0 aromatic heterocycles. The van der Waals surface area contributed by atoms with E-state index in [-0.39, 0.29) is 5.92 Å². The van der Waals surface area contributed by atoms with E-state index < -0.39 is 5.97 Å². The number of nitrogens with two attached hydrogens (primary N) is 1. The molecule has 1 aromatic carbocycles. The lowest BCUT2D eigenvalue weighted by atomic mass is 9.94. The summed E-state index contributed by atoms with van der Waals surface area (Å²) in [6.45, 7) is 0.696. The van der Waals surface area contributed by atoms with Gasteiger partial charge in [0, 0.05) is 0 Å². The van der Waals surface area contributed by atoms with Crippen LogP contribution in [0.3, 0.4) is 0 Å². The third kappa shape index (κ3) is 5.82. The Morgan fingerprint density at radius 3 is 2.44 bits per heavy atom. The number of carboxylic acid groups (broad SMARTS) is 1. The molecular weight excluding hydrogens is 226 g/mol. The van der Waals surface area contributed by atoms with Crippen LogP contribution in [0.25, 0.3) is 0 Å². The standard InChI is InChI=1S/C15H23NO2/c16-12-6-2-5-9-14(15(17)18)11-10-13-7-3-1-4-8-13/h1,3-4,7-8,14H,2,5-6,9-12,16H2,(H,17,18). The molecule has 0 heterocycles. The van der Waals surface area contributed by atoms with Crippen molar-refractivity contribution in [2.75, 3.05) is 6.54 Å². The van der Waals surface area contributed by atoms with Crippen LogP contribution < -0.4 is 5.73 Å². The second-order valence-corrected chi connectivity index (χ2v) is 4.70. The van der Waals surface area contributed by atoms with Crippen molar-refractivity contribution in [3.63, 3.8) is 0 Å². The highest BCUT2D eigenvalue weighted by atomic mass is 16.4. The fourth-order valence-electron chi connectivity index (χ4n) is 2.09. The predicted octanol–water partition coefficient (Wildman–Crippen LogP) is 2.84. The summed E-state index contributed by atoms with van der Waals surface area (Å²) >= 11 is 0. The zero-order chi connectivity index (χ0) is 13.2. The van der Waals surface area contributed by atoms with E-state index in [0.717, 1.165) is 38.5 Å². The average Bonchev–Trinajstić information content (AvgIpc) is 2.38. The summed E-state index contributed by atoms with van der Waals surface area (Å²) in [6.07, 6.45) is 5.32. The monoisotopic (exact) mass is 249 g/mol. The number of hydrogen-bond acceptors (Lipinski definition) is 2. The lowest BCUT2D eigenvalue weighted by molar-refractivity contribution is -0.142. The summed E-state index contributed by atoms with van der Waals surface area (Å²) in [7, 11) is 0. The molecule has 0 aliphatic rings. The minimum Gasteiger partial charge on any atom is -0.481 e. The maximum absolute atomic E-state index is 11.2. The molecule has 0 saturated heterocycles. The highest BCUT2D eigenvalue weighted by Crippen LogP contribution is 2.17. The van der Waals surface area contributed by atoms with E-state index >= 15 is 0 Å². The summed E-state index contributed by atoms with van der Waals surface area (Å²) in [5, 5.41) is 9.18. The smallest absolute Gasteiger partial charge is 0.306 e. The van der Waals surface area contributed by atoms with Gasteiger partial charge in [-0.3, -0.25) is 4.79 Å². The van der Waals surface area contributed by atoms with Crippen molar-refractivity contribution < 1.29 is 9.90 Å². The van der Waals surface area contributed by atoms with Crippen LogP contribution in [0.5, 0.6) is 0 Å². The first kappa shape index (κ1) is 14.7. The summed E-state index contributed by atoms with van der Waals surface area (Å²) in [4.78, 5) is 11.2. The third-order valence-corrected chi connectivity index (χ3v) is 3.23. The third-order valence-electron chi connectivity index (χ3n) is 3.23. The van der Waals surface area contributed by atoms with Crippen LogP contribution in [-0.2, 0) is 11.2 Å². The zero-order valence-electron chi connectivity index (χ0n) is 10.8. The Bertz CT molecular complexity index is 338. The Balaban J connectivity index is 2.32. The van der Waals surface area contributed by atoms with Gasteiger partial charge in [0.15, 0.2) is 0 Å². The van der Waals surface area contributed by atoms with Crippen LogP contribution in [-0.4, -0.2) is 17.6 Å². The molecule has 3 N–H and O–H groups in total. The molecule has 0 saturated carbocycles. The van der Waals surface area contributed by atoms with Crippen LogP contribution in [0.1, 0.15) is 37.7 Å². The second kappa shape index (κ2) is 8.70. The van der Waals surface area contributed by atoms with Gasteiger partial charge in [-0.15, -0.1) is 0 Å². The van der Waals surface area contributed by atoms with E-state index in [0.29, 0.717) is 6.54 Å². The first-order chi connectivity index (χ1) is 8.74. The van der Waals surface area contributed by atoms with Gasteiger partial charge in [-0.1, -0.05) is 43.2 Å². The average molecular weight is 249 g/mol. The highest BCUT2D eigenvalue weighted by Gasteiger charge is 2.16. The Morgan fingerprint density at radius 1 is 1.11 bits per heavy atom. The number of carbonyl (C=O) groups is 1. The molecule has 0 aliphatic carbocycles. The van der Waals surface area contributed by atoms with Crippen LogP contribution in [0.4, 0.5) is 0 Å². The topological polar surface area (TPSA) is 63.3 Å². The van der Waals surface area contributed by atoms with Gasteiger partial charge in [0.2, 0.25) is 0 Å². The normalized spacial score (nSPS) is 12.3. The van der Waals surface area contributed by atoms with Crippen molar-refractivity contribution in [2.45, 2.75) is 38.5 Å². The Hall–Kier alpha value is -1.35. The van der Waals surface area contributed by atoms with Gasteiger partial charge in [-0.2, -0.15) is 0 Å². The minimum atomic E-state index is -0.668. The number of carboxylic acids is 1.